The number of amides is 1. The molecule has 1 heterocycles. The highest BCUT2D eigenvalue weighted by Crippen LogP contribution is 2.41. The number of ether oxygens (including phenoxy) is 1. The zero-order valence-electron chi connectivity index (χ0n) is 22.1. The predicted molar refractivity (Wildman–Crippen MR) is 150 cm³/mol. The first-order valence-corrected chi connectivity index (χ1v) is 15.3. The predicted octanol–water partition coefficient (Wildman–Crippen LogP) is 6.38. The van der Waals surface area contributed by atoms with Crippen molar-refractivity contribution >= 4 is 27.3 Å². The molecule has 1 atom stereocenters. The van der Waals surface area contributed by atoms with E-state index in [4.69, 9.17) is 16.3 Å². The molecule has 3 aromatic carbocycles. The summed E-state index contributed by atoms with van der Waals surface area (Å²) in [5.74, 6) is 0.392. The Morgan fingerprint density at radius 3 is 2.38 bits per heavy atom. The number of hydrogen-bond acceptors (Lipinski definition) is 5. The molecular formula is C30H31ClF2N2O4S. The van der Waals surface area contributed by atoms with Crippen LogP contribution >= 0.6 is 11.6 Å². The number of sulfone groups is 1. The van der Waals surface area contributed by atoms with Crippen LogP contribution in [0.3, 0.4) is 0 Å². The van der Waals surface area contributed by atoms with Crippen molar-refractivity contribution in [2.75, 3.05) is 12.3 Å². The molecule has 10 heteroatoms. The van der Waals surface area contributed by atoms with Crippen molar-refractivity contribution in [3.05, 3.63) is 82.4 Å². The van der Waals surface area contributed by atoms with Crippen molar-refractivity contribution in [1.82, 2.24) is 10.2 Å². The quantitative estimate of drug-likeness (QED) is 0.281. The third-order valence-corrected chi connectivity index (χ3v) is 9.65. The standard InChI is InChI=1S/C30H31ClF2N2O4S/c1-19(36)34-13-12-28(21-8-10-24(11-9-21)40(37,38)18-20-6-7-20)35-16-22-14-26(27(31)15-23(22)17-35)25-4-2-3-5-29(25)39-30(32)33/h2-5,8-11,14-15,20,28,30H,6-7,12-13,16-18H2,1H3,(H,34,36). The Bertz CT molecular complexity index is 1490. The maximum absolute atomic E-state index is 13.0. The van der Waals surface area contributed by atoms with Gasteiger partial charge in [-0.25, -0.2) is 8.42 Å². The van der Waals surface area contributed by atoms with Crippen LogP contribution in [-0.2, 0) is 27.7 Å². The van der Waals surface area contributed by atoms with E-state index in [1.54, 1.807) is 30.3 Å². The molecule has 1 unspecified atom stereocenters. The lowest BCUT2D eigenvalue weighted by molar-refractivity contribution is -0.119. The second kappa shape index (κ2) is 11.8. The van der Waals surface area contributed by atoms with Gasteiger partial charge in [-0.1, -0.05) is 41.9 Å². The van der Waals surface area contributed by atoms with Gasteiger partial charge in [0.25, 0.3) is 0 Å². The molecule has 212 valence electrons. The minimum atomic E-state index is -3.32. The summed E-state index contributed by atoms with van der Waals surface area (Å²) in [5, 5.41) is 3.29. The van der Waals surface area contributed by atoms with Crippen molar-refractivity contribution in [3.8, 4) is 16.9 Å². The van der Waals surface area contributed by atoms with E-state index in [0.29, 0.717) is 47.1 Å². The molecule has 3 aromatic rings. The SMILES string of the molecule is CC(=O)NCCC(c1ccc(S(=O)(=O)CC2CC2)cc1)N1Cc2cc(Cl)c(-c3ccccc3OC(F)F)cc2C1. The number of para-hydroxylation sites is 1. The maximum atomic E-state index is 13.0. The minimum absolute atomic E-state index is 0.0547. The van der Waals surface area contributed by atoms with Gasteiger partial charge in [0.05, 0.1) is 10.6 Å². The molecular weight excluding hydrogens is 558 g/mol. The number of nitrogens with one attached hydrogen (secondary N) is 1. The van der Waals surface area contributed by atoms with E-state index < -0.39 is 16.4 Å². The Balaban J connectivity index is 1.41. The number of alkyl halides is 2. The summed E-state index contributed by atoms with van der Waals surface area (Å²) >= 11 is 6.65. The van der Waals surface area contributed by atoms with Crippen molar-refractivity contribution < 1.29 is 26.7 Å². The fourth-order valence-electron chi connectivity index (χ4n) is 5.30. The molecule has 1 saturated carbocycles. The van der Waals surface area contributed by atoms with Gasteiger partial charge in [0.15, 0.2) is 9.84 Å². The largest absolute Gasteiger partial charge is 0.434 e. The zero-order chi connectivity index (χ0) is 28.4. The van der Waals surface area contributed by atoms with Gasteiger partial charge in [0.1, 0.15) is 5.75 Å². The molecule has 1 fully saturated rings. The summed E-state index contributed by atoms with van der Waals surface area (Å²) in [5.41, 5.74) is 4.08. The topological polar surface area (TPSA) is 75.7 Å². The smallest absolute Gasteiger partial charge is 0.387 e. The van der Waals surface area contributed by atoms with Crippen LogP contribution in [0.2, 0.25) is 5.02 Å². The number of fused-ring (bicyclic) bond motifs is 1. The lowest BCUT2D eigenvalue weighted by atomic mass is 9.99. The average molecular weight is 589 g/mol. The first-order valence-electron chi connectivity index (χ1n) is 13.3. The lowest BCUT2D eigenvalue weighted by Crippen LogP contribution is -2.29. The van der Waals surface area contributed by atoms with Gasteiger partial charge in [-0.05, 0) is 72.2 Å². The molecule has 40 heavy (non-hydrogen) atoms. The highest BCUT2D eigenvalue weighted by molar-refractivity contribution is 7.91. The van der Waals surface area contributed by atoms with E-state index in [9.17, 15) is 22.0 Å². The van der Waals surface area contributed by atoms with Crippen LogP contribution < -0.4 is 10.1 Å². The Hall–Kier alpha value is -3.01. The normalized spacial score (nSPS) is 16.1. The van der Waals surface area contributed by atoms with Crippen LogP contribution in [0.25, 0.3) is 11.1 Å². The second-order valence-electron chi connectivity index (χ2n) is 10.5. The molecule has 0 spiro atoms. The molecule has 1 aliphatic heterocycles. The summed E-state index contributed by atoms with van der Waals surface area (Å²) in [6.45, 7) is 0.142. The van der Waals surface area contributed by atoms with E-state index in [2.05, 4.69) is 10.2 Å². The minimum Gasteiger partial charge on any atom is -0.434 e. The summed E-state index contributed by atoms with van der Waals surface area (Å²) in [6.07, 6.45) is 2.55. The Morgan fingerprint density at radius 2 is 1.73 bits per heavy atom. The van der Waals surface area contributed by atoms with Gasteiger partial charge in [0, 0.05) is 48.7 Å². The van der Waals surface area contributed by atoms with Gasteiger partial charge < -0.3 is 10.1 Å². The fourth-order valence-corrected chi connectivity index (χ4v) is 7.28. The molecule has 0 radical (unpaired) electrons. The molecule has 0 aromatic heterocycles. The summed E-state index contributed by atoms with van der Waals surface area (Å²) in [4.78, 5) is 14.1. The van der Waals surface area contributed by atoms with Crippen LogP contribution in [0, 0.1) is 5.92 Å². The first kappa shape index (κ1) is 28.5. The Morgan fingerprint density at radius 1 is 1.05 bits per heavy atom. The van der Waals surface area contributed by atoms with Gasteiger partial charge in [-0.2, -0.15) is 8.78 Å². The van der Waals surface area contributed by atoms with E-state index in [1.165, 1.54) is 13.0 Å². The van der Waals surface area contributed by atoms with Gasteiger partial charge in [0.2, 0.25) is 5.91 Å². The first-order chi connectivity index (χ1) is 19.1. The molecule has 5 rings (SSSR count). The molecule has 1 aliphatic carbocycles. The number of nitrogens with zero attached hydrogens (tertiary/aromatic N) is 1. The number of benzene rings is 3. The van der Waals surface area contributed by atoms with Crippen molar-refractivity contribution in [3.63, 3.8) is 0 Å². The van der Waals surface area contributed by atoms with Gasteiger partial charge >= 0.3 is 6.61 Å². The van der Waals surface area contributed by atoms with Crippen LogP contribution in [-0.4, -0.2) is 38.1 Å². The molecule has 1 amide bonds. The number of halogens is 3. The summed E-state index contributed by atoms with van der Waals surface area (Å²) < 4.78 is 56.3. The zero-order valence-corrected chi connectivity index (χ0v) is 23.7. The number of hydrogen-bond donors (Lipinski definition) is 1. The van der Waals surface area contributed by atoms with Crippen LogP contribution in [0.4, 0.5) is 8.78 Å². The highest BCUT2D eigenvalue weighted by Gasteiger charge is 2.31. The molecule has 1 N–H and O–H groups in total. The third-order valence-electron chi connectivity index (χ3n) is 7.44. The number of rotatable bonds is 11. The average Bonchev–Trinajstić information content (AvgIpc) is 3.61. The fraction of sp³-hybridized carbons (Fsp3) is 0.367. The van der Waals surface area contributed by atoms with E-state index >= 15 is 0 Å². The second-order valence-corrected chi connectivity index (χ2v) is 12.9. The third kappa shape index (κ3) is 6.65. The molecule has 0 saturated heterocycles. The van der Waals surface area contributed by atoms with Crippen LogP contribution in [0.5, 0.6) is 5.75 Å². The van der Waals surface area contributed by atoms with E-state index in [1.807, 2.05) is 24.3 Å². The number of carbonyl (C=O) groups excluding carboxylic acids is 1. The Labute approximate surface area is 238 Å². The van der Waals surface area contributed by atoms with Crippen LogP contribution in [0.15, 0.2) is 65.6 Å². The van der Waals surface area contributed by atoms with E-state index in [0.717, 1.165) is 29.5 Å². The van der Waals surface area contributed by atoms with Crippen molar-refractivity contribution in [1.29, 1.82) is 0 Å². The Kier molecular flexibility index (Phi) is 8.44. The number of carbonyl (C=O) groups is 1. The lowest BCUT2D eigenvalue weighted by Gasteiger charge is -2.28. The van der Waals surface area contributed by atoms with Crippen molar-refractivity contribution in [2.45, 2.75) is 56.8 Å². The molecule has 6 nitrogen and oxygen atoms in total. The monoisotopic (exact) mass is 588 g/mol. The van der Waals surface area contributed by atoms with Gasteiger partial charge in [-0.3, -0.25) is 9.69 Å². The highest BCUT2D eigenvalue weighted by atomic mass is 35.5. The summed E-state index contributed by atoms with van der Waals surface area (Å²) in [7, 11) is -3.32. The van der Waals surface area contributed by atoms with Crippen molar-refractivity contribution in [2.24, 2.45) is 5.92 Å². The maximum Gasteiger partial charge on any atom is 0.387 e. The summed E-state index contributed by atoms with van der Waals surface area (Å²) in [6, 6.07) is 17.3. The molecule has 0 bridgehead atoms. The molecule has 2 aliphatic rings. The van der Waals surface area contributed by atoms with E-state index in [-0.39, 0.29) is 29.4 Å². The van der Waals surface area contributed by atoms with Gasteiger partial charge in [-0.15, -0.1) is 0 Å². The van der Waals surface area contributed by atoms with Crippen LogP contribution in [0.1, 0.15) is 48.9 Å².